The third-order valence-electron chi connectivity index (χ3n) is 4.04. The Kier molecular flexibility index (Phi) is 2.21. The number of urea groups is 1. The quantitative estimate of drug-likeness (QED) is 0.649. The van der Waals surface area contributed by atoms with Gasteiger partial charge >= 0.3 is 6.03 Å². The van der Waals surface area contributed by atoms with Gasteiger partial charge < -0.3 is 10.4 Å². The molecule has 2 aliphatic rings. The van der Waals surface area contributed by atoms with Crippen LogP contribution in [0.3, 0.4) is 0 Å². The number of hydrogen-bond acceptors (Lipinski definition) is 3. The van der Waals surface area contributed by atoms with Gasteiger partial charge in [-0.2, -0.15) is 0 Å². The molecule has 0 bridgehead atoms. The van der Waals surface area contributed by atoms with Gasteiger partial charge in [0, 0.05) is 11.1 Å². The van der Waals surface area contributed by atoms with E-state index < -0.39 is 34.9 Å². The topological polar surface area (TPSA) is 78.4 Å². The first-order valence-corrected chi connectivity index (χ1v) is 6.40. The third-order valence-corrected chi connectivity index (χ3v) is 4.04. The van der Waals surface area contributed by atoms with Crippen LogP contribution in [0.5, 0.6) is 5.75 Å². The Morgan fingerprint density at radius 3 is 2.41 bits per heavy atom. The molecule has 7 heteroatoms. The molecule has 2 aromatic rings. The second kappa shape index (κ2) is 3.82. The third kappa shape index (κ3) is 1.35. The van der Waals surface area contributed by atoms with Crippen molar-refractivity contribution in [3.63, 3.8) is 0 Å². The van der Waals surface area contributed by atoms with E-state index in [0.29, 0.717) is 11.1 Å². The SMILES string of the molecule is O=C1NC(=O)C2(N1)c1cc(F)ccc1-c1cc(O)c(F)cc12. The highest BCUT2D eigenvalue weighted by atomic mass is 19.1. The van der Waals surface area contributed by atoms with Crippen molar-refractivity contribution < 1.29 is 23.5 Å². The lowest BCUT2D eigenvalue weighted by molar-refractivity contribution is -0.122. The molecule has 1 aliphatic carbocycles. The molecule has 3 N–H and O–H groups in total. The summed E-state index contributed by atoms with van der Waals surface area (Å²) in [5.41, 5.74) is -0.504. The molecule has 0 aromatic heterocycles. The molecule has 1 saturated heterocycles. The standard InChI is InChI=1S/C15H8F2N2O3/c16-6-1-2-7-8-4-12(20)11(17)5-10(8)15(9(7)3-6)13(21)18-14(22)19-15/h1-5,20H,(H2,18,19,21,22). The monoisotopic (exact) mass is 302 g/mol. The molecule has 1 atom stereocenters. The molecule has 110 valence electrons. The second-order valence-corrected chi connectivity index (χ2v) is 5.20. The Morgan fingerprint density at radius 2 is 1.73 bits per heavy atom. The molecular formula is C15H8F2N2O3. The molecule has 5 nitrogen and oxygen atoms in total. The van der Waals surface area contributed by atoms with E-state index in [1.54, 1.807) is 0 Å². The molecule has 1 fully saturated rings. The number of phenols is 1. The normalized spacial score (nSPS) is 21.5. The zero-order chi connectivity index (χ0) is 15.6. The van der Waals surface area contributed by atoms with E-state index in [4.69, 9.17) is 0 Å². The van der Waals surface area contributed by atoms with Crippen LogP contribution in [0, 0.1) is 11.6 Å². The summed E-state index contributed by atoms with van der Waals surface area (Å²) < 4.78 is 27.4. The zero-order valence-corrected chi connectivity index (χ0v) is 10.9. The molecule has 1 unspecified atom stereocenters. The van der Waals surface area contributed by atoms with Crippen molar-refractivity contribution in [2.75, 3.05) is 0 Å². The minimum atomic E-state index is -1.68. The molecule has 3 amide bonds. The van der Waals surface area contributed by atoms with Crippen molar-refractivity contribution in [1.82, 2.24) is 10.6 Å². The average Bonchev–Trinajstić information content (AvgIpc) is 2.89. The van der Waals surface area contributed by atoms with Crippen molar-refractivity contribution in [2.24, 2.45) is 0 Å². The number of carbonyl (C=O) groups excluding carboxylic acids is 2. The fourth-order valence-electron chi connectivity index (χ4n) is 3.14. The number of fused-ring (bicyclic) bond motifs is 5. The van der Waals surface area contributed by atoms with Gasteiger partial charge in [-0.15, -0.1) is 0 Å². The fraction of sp³-hybridized carbons (Fsp3) is 0.0667. The summed E-state index contributed by atoms with van der Waals surface area (Å²) in [4.78, 5) is 23.9. The van der Waals surface area contributed by atoms with Gasteiger partial charge in [-0.25, -0.2) is 13.6 Å². The number of benzene rings is 2. The Labute approximate surface area is 122 Å². The van der Waals surface area contributed by atoms with Gasteiger partial charge in [0.15, 0.2) is 17.1 Å². The minimum absolute atomic E-state index is 0.159. The minimum Gasteiger partial charge on any atom is -0.505 e. The lowest BCUT2D eigenvalue weighted by atomic mass is 9.87. The van der Waals surface area contributed by atoms with Crippen molar-refractivity contribution in [3.05, 3.63) is 53.1 Å². The van der Waals surface area contributed by atoms with E-state index in [1.165, 1.54) is 12.1 Å². The van der Waals surface area contributed by atoms with Crippen LogP contribution < -0.4 is 10.6 Å². The summed E-state index contributed by atoms with van der Waals surface area (Å²) in [5, 5.41) is 14.1. The number of halogens is 2. The highest BCUT2D eigenvalue weighted by molar-refractivity contribution is 6.13. The molecule has 4 rings (SSSR count). The number of phenolic OH excluding ortho intramolecular Hbond substituents is 1. The van der Waals surface area contributed by atoms with Crippen LogP contribution in [-0.4, -0.2) is 17.0 Å². The van der Waals surface area contributed by atoms with E-state index in [0.717, 1.165) is 18.2 Å². The number of carbonyl (C=O) groups is 2. The van der Waals surface area contributed by atoms with E-state index in [1.807, 2.05) is 0 Å². The van der Waals surface area contributed by atoms with E-state index in [-0.39, 0.29) is 11.1 Å². The Bertz CT molecular complexity index is 881. The second-order valence-electron chi connectivity index (χ2n) is 5.20. The molecular weight excluding hydrogens is 294 g/mol. The molecule has 0 saturated carbocycles. The Balaban J connectivity index is 2.13. The first-order valence-electron chi connectivity index (χ1n) is 6.40. The predicted octanol–water partition coefficient (Wildman–Crippen LogP) is 1.73. The average molecular weight is 302 g/mol. The van der Waals surface area contributed by atoms with Crippen molar-refractivity contribution >= 4 is 11.9 Å². The lowest BCUT2D eigenvalue weighted by Gasteiger charge is -2.23. The number of nitrogens with one attached hydrogen (secondary N) is 2. The Morgan fingerprint density at radius 1 is 1.00 bits per heavy atom. The summed E-state index contributed by atoms with van der Waals surface area (Å²) in [6.45, 7) is 0. The van der Waals surface area contributed by atoms with Crippen LogP contribution >= 0.6 is 0 Å². The summed E-state index contributed by atoms with van der Waals surface area (Å²) in [6, 6.07) is 5.13. The van der Waals surface area contributed by atoms with Gasteiger partial charge in [0.1, 0.15) is 5.82 Å². The molecule has 22 heavy (non-hydrogen) atoms. The first-order chi connectivity index (χ1) is 10.4. The maximum Gasteiger partial charge on any atom is 0.322 e. The molecule has 1 spiro atoms. The van der Waals surface area contributed by atoms with Gasteiger partial charge in [0.05, 0.1) is 0 Å². The molecule has 1 aliphatic heterocycles. The van der Waals surface area contributed by atoms with E-state index in [9.17, 15) is 23.5 Å². The van der Waals surface area contributed by atoms with Crippen LogP contribution in [0.4, 0.5) is 13.6 Å². The van der Waals surface area contributed by atoms with Crippen molar-refractivity contribution in [3.8, 4) is 16.9 Å². The summed E-state index contributed by atoms with van der Waals surface area (Å²) in [6.07, 6.45) is 0. The van der Waals surface area contributed by atoms with Crippen LogP contribution in [0.25, 0.3) is 11.1 Å². The summed E-state index contributed by atoms with van der Waals surface area (Å²) >= 11 is 0. The number of amides is 3. The number of aromatic hydroxyl groups is 1. The smallest absolute Gasteiger partial charge is 0.322 e. The van der Waals surface area contributed by atoms with Crippen LogP contribution in [0.2, 0.25) is 0 Å². The Hall–Kier alpha value is -2.96. The van der Waals surface area contributed by atoms with Crippen molar-refractivity contribution in [2.45, 2.75) is 5.54 Å². The number of rotatable bonds is 0. The van der Waals surface area contributed by atoms with Gasteiger partial charge in [-0.1, -0.05) is 6.07 Å². The van der Waals surface area contributed by atoms with Gasteiger partial charge in [-0.3, -0.25) is 10.1 Å². The number of hydrogen-bond donors (Lipinski definition) is 3. The summed E-state index contributed by atoms with van der Waals surface area (Å²) in [7, 11) is 0. The van der Waals surface area contributed by atoms with E-state index >= 15 is 0 Å². The van der Waals surface area contributed by atoms with Crippen molar-refractivity contribution in [1.29, 1.82) is 0 Å². The molecule has 1 heterocycles. The van der Waals surface area contributed by atoms with Crippen LogP contribution in [0.1, 0.15) is 11.1 Å². The van der Waals surface area contributed by atoms with E-state index in [2.05, 4.69) is 10.6 Å². The van der Waals surface area contributed by atoms with Gasteiger partial charge in [0.25, 0.3) is 5.91 Å². The molecule has 0 radical (unpaired) electrons. The number of imide groups is 1. The largest absolute Gasteiger partial charge is 0.505 e. The predicted molar refractivity (Wildman–Crippen MR) is 70.9 cm³/mol. The first kappa shape index (κ1) is 12.8. The van der Waals surface area contributed by atoms with Crippen LogP contribution in [0.15, 0.2) is 30.3 Å². The summed E-state index contributed by atoms with van der Waals surface area (Å²) in [5.74, 6) is -2.83. The zero-order valence-electron chi connectivity index (χ0n) is 10.9. The lowest BCUT2D eigenvalue weighted by Crippen LogP contribution is -2.43. The van der Waals surface area contributed by atoms with Crippen LogP contribution in [-0.2, 0) is 10.3 Å². The highest BCUT2D eigenvalue weighted by Gasteiger charge is 2.55. The maximum atomic E-state index is 13.8. The highest BCUT2D eigenvalue weighted by Crippen LogP contribution is 2.50. The van der Waals surface area contributed by atoms with Gasteiger partial charge in [0.2, 0.25) is 0 Å². The van der Waals surface area contributed by atoms with Gasteiger partial charge in [-0.05, 0) is 35.4 Å². The fourth-order valence-corrected chi connectivity index (χ4v) is 3.14. The maximum absolute atomic E-state index is 13.8. The molecule has 2 aromatic carbocycles.